The van der Waals surface area contributed by atoms with E-state index in [0.29, 0.717) is 23.7 Å². The summed E-state index contributed by atoms with van der Waals surface area (Å²) in [5.41, 5.74) is 5.94. The van der Waals surface area contributed by atoms with E-state index in [0.717, 1.165) is 9.99 Å². The SMILES string of the molecule is NCCCNC(=O)c1cc(Cl)ccc1I. The molecular weight excluding hydrogens is 326 g/mol. The number of hydrogen-bond donors (Lipinski definition) is 2. The Bertz CT molecular complexity index is 357. The Morgan fingerprint density at radius 2 is 2.27 bits per heavy atom. The molecule has 0 fully saturated rings. The van der Waals surface area contributed by atoms with Crippen LogP contribution in [0.5, 0.6) is 0 Å². The molecule has 15 heavy (non-hydrogen) atoms. The normalized spacial score (nSPS) is 10.1. The number of benzene rings is 1. The van der Waals surface area contributed by atoms with Crippen LogP contribution in [0.4, 0.5) is 0 Å². The zero-order chi connectivity index (χ0) is 11.3. The van der Waals surface area contributed by atoms with Gasteiger partial charge in [-0.05, 0) is 53.8 Å². The predicted molar refractivity (Wildman–Crippen MR) is 70.2 cm³/mol. The number of carbonyl (C=O) groups is 1. The molecule has 0 radical (unpaired) electrons. The number of nitrogens with two attached hydrogens (primary N) is 1. The fourth-order valence-corrected chi connectivity index (χ4v) is 1.82. The van der Waals surface area contributed by atoms with Crippen LogP contribution >= 0.6 is 34.2 Å². The van der Waals surface area contributed by atoms with E-state index in [-0.39, 0.29) is 5.91 Å². The van der Waals surface area contributed by atoms with Crippen molar-refractivity contribution < 1.29 is 4.79 Å². The summed E-state index contributed by atoms with van der Waals surface area (Å²) in [5, 5.41) is 3.35. The Labute approximate surface area is 108 Å². The average Bonchev–Trinajstić information content (AvgIpc) is 2.22. The van der Waals surface area contributed by atoms with Crippen molar-refractivity contribution in [1.82, 2.24) is 5.32 Å². The van der Waals surface area contributed by atoms with Crippen LogP contribution in [0.25, 0.3) is 0 Å². The standard InChI is InChI=1S/C10H12ClIN2O/c11-7-2-3-9(12)8(6-7)10(15)14-5-1-4-13/h2-3,6H,1,4-5,13H2,(H,14,15). The number of hydrogen-bond acceptors (Lipinski definition) is 2. The van der Waals surface area contributed by atoms with Gasteiger partial charge in [0.25, 0.3) is 5.91 Å². The Balaban J connectivity index is 2.68. The minimum absolute atomic E-state index is 0.102. The maximum absolute atomic E-state index is 11.7. The molecule has 0 unspecified atom stereocenters. The molecule has 0 spiro atoms. The summed E-state index contributed by atoms with van der Waals surface area (Å²) in [6.45, 7) is 1.17. The second-order valence-electron chi connectivity index (χ2n) is 3.02. The fraction of sp³-hybridized carbons (Fsp3) is 0.300. The van der Waals surface area contributed by atoms with E-state index >= 15 is 0 Å². The van der Waals surface area contributed by atoms with Crippen molar-refractivity contribution in [1.29, 1.82) is 0 Å². The van der Waals surface area contributed by atoms with Gasteiger partial charge in [0, 0.05) is 15.1 Å². The zero-order valence-corrected chi connectivity index (χ0v) is 11.0. The number of nitrogens with one attached hydrogen (secondary N) is 1. The summed E-state index contributed by atoms with van der Waals surface area (Å²) in [4.78, 5) is 11.7. The van der Waals surface area contributed by atoms with Gasteiger partial charge in [-0.15, -0.1) is 0 Å². The Hall–Kier alpha value is -0.330. The van der Waals surface area contributed by atoms with Crippen LogP contribution in [0.1, 0.15) is 16.8 Å². The molecule has 0 aliphatic rings. The summed E-state index contributed by atoms with van der Waals surface area (Å²) in [5.74, 6) is -0.102. The van der Waals surface area contributed by atoms with Gasteiger partial charge in [-0.1, -0.05) is 11.6 Å². The molecule has 1 aromatic rings. The summed E-state index contributed by atoms with van der Waals surface area (Å²) < 4.78 is 0.891. The first-order valence-corrected chi connectivity index (χ1v) is 6.04. The van der Waals surface area contributed by atoms with Crippen molar-refractivity contribution in [2.24, 2.45) is 5.73 Å². The van der Waals surface area contributed by atoms with Crippen LogP contribution in [-0.4, -0.2) is 19.0 Å². The first-order chi connectivity index (χ1) is 7.15. The lowest BCUT2D eigenvalue weighted by molar-refractivity contribution is 0.0952. The molecule has 1 aromatic carbocycles. The average molecular weight is 339 g/mol. The minimum atomic E-state index is -0.102. The second kappa shape index (κ2) is 6.30. The van der Waals surface area contributed by atoms with Gasteiger partial charge in [-0.3, -0.25) is 4.79 Å². The maximum atomic E-state index is 11.7. The van der Waals surface area contributed by atoms with Gasteiger partial charge in [0.1, 0.15) is 0 Å². The van der Waals surface area contributed by atoms with Crippen molar-refractivity contribution in [3.63, 3.8) is 0 Å². The molecule has 1 rings (SSSR count). The van der Waals surface area contributed by atoms with E-state index in [9.17, 15) is 4.79 Å². The smallest absolute Gasteiger partial charge is 0.252 e. The van der Waals surface area contributed by atoms with Crippen LogP contribution in [0.3, 0.4) is 0 Å². The van der Waals surface area contributed by atoms with Crippen molar-refractivity contribution in [3.8, 4) is 0 Å². The molecule has 0 saturated carbocycles. The summed E-state index contributed by atoms with van der Waals surface area (Å²) in [6, 6.07) is 5.25. The van der Waals surface area contributed by atoms with Crippen LogP contribution < -0.4 is 11.1 Å². The van der Waals surface area contributed by atoms with Crippen molar-refractivity contribution in [3.05, 3.63) is 32.4 Å². The fourth-order valence-electron chi connectivity index (χ4n) is 1.07. The lowest BCUT2D eigenvalue weighted by atomic mass is 10.2. The third-order valence-electron chi connectivity index (χ3n) is 1.84. The van der Waals surface area contributed by atoms with Gasteiger partial charge in [-0.2, -0.15) is 0 Å². The van der Waals surface area contributed by atoms with Gasteiger partial charge >= 0.3 is 0 Å². The van der Waals surface area contributed by atoms with Crippen molar-refractivity contribution >= 4 is 40.1 Å². The van der Waals surface area contributed by atoms with E-state index < -0.39 is 0 Å². The lowest BCUT2D eigenvalue weighted by Gasteiger charge is -2.06. The highest BCUT2D eigenvalue weighted by molar-refractivity contribution is 14.1. The molecule has 0 aliphatic carbocycles. The zero-order valence-electron chi connectivity index (χ0n) is 8.09. The molecule has 3 N–H and O–H groups in total. The van der Waals surface area contributed by atoms with Crippen LogP contribution in [0.2, 0.25) is 5.02 Å². The Morgan fingerprint density at radius 1 is 1.53 bits per heavy atom. The first-order valence-electron chi connectivity index (χ1n) is 4.58. The number of amides is 1. The van der Waals surface area contributed by atoms with E-state index in [1.165, 1.54) is 0 Å². The van der Waals surface area contributed by atoms with Crippen molar-refractivity contribution in [2.45, 2.75) is 6.42 Å². The second-order valence-corrected chi connectivity index (χ2v) is 4.62. The Morgan fingerprint density at radius 3 is 2.93 bits per heavy atom. The highest BCUT2D eigenvalue weighted by atomic mass is 127. The molecule has 5 heteroatoms. The predicted octanol–water partition coefficient (Wildman–Crippen LogP) is 2.02. The highest BCUT2D eigenvalue weighted by Crippen LogP contribution is 2.17. The molecule has 0 atom stereocenters. The molecule has 3 nitrogen and oxygen atoms in total. The lowest BCUT2D eigenvalue weighted by Crippen LogP contribution is -2.26. The van der Waals surface area contributed by atoms with E-state index in [1.807, 2.05) is 6.07 Å². The molecule has 1 amide bonds. The largest absolute Gasteiger partial charge is 0.352 e. The van der Waals surface area contributed by atoms with Gasteiger partial charge in [0.2, 0.25) is 0 Å². The molecular formula is C10H12ClIN2O. The molecule has 0 aliphatic heterocycles. The van der Waals surface area contributed by atoms with E-state index in [4.69, 9.17) is 17.3 Å². The van der Waals surface area contributed by atoms with Gasteiger partial charge in [0.15, 0.2) is 0 Å². The first kappa shape index (κ1) is 12.7. The van der Waals surface area contributed by atoms with Crippen LogP contribution in [-0.2, 0) is 0 Å². The third-order valence-corrected chi connectivity index (χ3v) is 3.02. The molecule has 0 saturated heterocycles. The monoisotopic (exact) mass is 338 g/mol. The van der Waals surface area contributed by atoms with E-state index in [1.54, 1.807) is 12.1 Å². The number of halogens is 2. The highest BCUT2D eigenvalue weighted by Gasteiger charge is 2.09. The minimum Gasteiger partial charge on any atom is -0.352 e. The van der Waals surface area contributed by atoms with Crippen molar-refractivity contribution in [2.75, 3.05) is 13.1 Å². The van der Waals surface area contributed by atoms with Crippen LogP contribution in [0.15, 0.2) is 18.2 Å². The number of rotatable bonds is 4. The van der Waals surface area contributed by atoms with Gasteiger partial charge < -0.3 is 11.1 Å². The summed E-state index contributed by atoms with van der Waals surface area (Å²) in [7, 11) is 0. The number of carbonyl (C=O) groups excluding carboxylic acids is 1. The Kier molecular flexibility index (Phi) is 5.35. The van der Waals surface area contributed by atoms with Gasteiger partial charge in [-0.25, -0.2) is 0 Å². The van der Waals surface area contributed by atoms with E-state index in [2.05, 4.69) is 27.9 Å². The third kappa shape index (κ3) is 3.96. The quantitative estimate of drug-likeness (QED) is 0.652. The van der Waals surface area contributed by atoms with Crippen LogP contribution in [0, 0.1) is 3.57 Å². The topological polar surface area (TPSA) is 55.1 Å². The molecule has 0 bridgehead atoms. The maximum Gasteiger partial charge on any atom is 0.252 e. The molecule has 0 aromatic heterocycles. The van der Waals surface area contributed by atoms with Gasteiger partial charge in [0.05, 0.1) is 5.56 Å². The summed E-state index contributed by atoms with van der Waals surface area (Å²) >= 11 is 7.93. The molecule has 82 valence electrons. The molecule has 0 heterocycles. The summed E-state index contributed by atoms with van der Waals surface area (Å²) in [6.07, 6.45) is 0.781.